The standard InChI is InChI=1S/C20H18N4O4S/c21-20(26)23-16-11-9-15(10-12-16)22-19(25)14-5-4-6-17(13-14)24-29(27,28)18-7-2-1-3-8-18/h1-13,24H,(H,22,25)(H3,21,23,26). The van der Waals surface area contributed by atoms with Gasteiger partial charge in [0.05, 0.1) is 4.90 Å². The minimum Gasteiger partial charge on any atom is -0.351 e. The van der Waals surface area contributed by atoms with Gasteiger partial charge in [0.1, 0.15) is 0 Å². The van der Waals surface area contributed by atoms with Gasteiger partial charge in [0, 0.05) is 22.6 Å². The molecule has 0 spiro atoms. The van der Waals surface area contributed by atoms with Gasteiger partial charge in [0.2, 0.25) is 0 Å². The number of rotatable bonds is 6. The van der Waals surface area contributed by atoms with Crippen LogP contribution >= 0.6 is 0 Å². The number of amides is 3. The van der Waals surface area contributed by atoms with Gasteiger partial charge < -0.3 is 16.4 Å². The fourth-order valence-electron chi connectivity index (χ4n) is 2.52. The number of hydrogen-bond donors (Lipinski definition) is 4. The predicted molar refractivity (Wildman–Crippen MR) is 111 cm³/mol. The molecule has 0 bridgehead atoms. The summed E-state index contributed by atoms with van der Waals surface area (Å²) in [6.07, 6.45) is 0. The van der Waals surface area contributed by atoms with Gasteiger partial charge in [0.25, 0.3) is 15.9 Å². The van der Waals surface area contributed by atoms with Crippen molar-refractivity contribution in [2.75, 3.05) is 15.4 Å². The first-order chi connectivity index (χ1) is 13.8. The zero-order valence-corrected chi connectivity index (χ0v) is 15.9. The Morgan fingerprint density at radius 2 is 1.34 bits per heavy atom. The third-order valence-corrected chi connectivity index (χ3v) is 5.24. The van der Waals surface area contributed by atoms with Crippen LogP contribution in [0.2, 0.25) is 0 Å². The number of sulfonamides is 1. The van der Waals surface area contributed by atoms with Crippen molar-refractivity contribution >= 4 is 39.0 Å². The van der Waals surface area contributed by atoms with E-state index in [-0.39, 0.29) is 16.1 Å². The highest BCUT2D eigenvalue weighted by molar-refractivity contribution is 7.92. The lowest BCUT2D eigenvalue weighted by atomic mass is 10.2. The SMILES string of the molecule is NC(=O)Nc1ccc(NC(=O)c2cccc(NS(=O)(=O)c3ccccc3)c2)cc1. The second-order valence-corrected chi connectivity index (χ2v) is 7.70. The number of nitrogens with one attached hydrogen (secondary N) is 3. The summed E-state index contributed by atoms with van der Waals surface area (Å²) in [6, 6.07) is 19.8. The van der Waals surface area contributed by atoms with Crippen LogP contribution in [0.5, 0.6) is 0 Å². The summed E-state index contributed by atoms with van der Waals surface area (Å²) in [5.74, 6) is -0.415. The molecule has 8 nitrogen and oxygen atoms in total. The van der Waals surface area contributed by atoms with Crippen molar-refractivity contribution in [3.63, 3.8) is 0 Å². The van der Waals surface area contributed by atoms with Crippen LogP contribution in [0.4, 0.5) is 21.9 Å². The van der Waals surface area contributed by atoms with Crippen LogP contribution in [-0.4, -0.2) is 20.4 Å². The molecule has 0 unspecified atom stereocenters. The molecule has 3 aromatic carbocycles. The topological polar surface area (TPSA) is 130 Å². The maximum absolute atomic E-state index is 12.5. The van der Waals surface area contributed by atoms with Crippen molar-refractivity contribution < 1.29 is 18.0 Å². The van der Waals surface area contributed by atoms with Crippen molar-refractivity contribution in [1.82, 2.24) is 0 Å². The number of carbonyl (C=O) groups excluding carboxylic acids is 2. The number of urea groups is 1. The second-order valence-electron chi connectivity index (χ2n) is 6.02. The Morgan fingerprint density at radius 1 is 0.724 bits per heavy atom. The van der Waals surface area contributed by atoms with E-state index < -0.39 is 22.0 Å². The summed E-state index contributed by atoms with van der Waals surface area (Å²) >= 11 is 0. The second kappa shape index (κ2) is 8.44. The van der Waals surface area contributed by atoms with E-state index in [1.807, 2.05) is 0 Å². The monoisotopic (exact) mass is 410 g/mol. The summed E-state index contributed by atoms with van der Waals surface area (Å²) < 4.78 is 27.3. The van der Waals surface area contributed by atoms with E-state index >= 15 is 0 Å². The van der Waals surface area contributed by atoms with Gasteiger partial charge in [-0.05, 0) is 54.6 Å². The van der Waals surface area contributed by atoms with Crippen LogP contribution in [0.3, 0.4) is 0 Å². The van der Waals surface area contributed by atoms with Gasteiger partial charge in [-0.25, -0.2) is 13.2 Å². The Hall–Kier alpha value is -3.85. The first-order valence-corrected chi connectivity index (χ1v) is 9.98. The lowest BCUT2D eigenvalue weighted by molar-refractivity contribution is 0.102. The minimum absolute atomic E-state index is 0.125. The van der Waals surface area contributed by atoms with E-state index in [1.165, 1.54) is 18.2 Å². The number of primary amides is 1. The first kappa shape index (κ1) is 19.9. The molecule has 0 heterocycles. The first-order valence-electron chi connectivity index (χ1n) is 8.49. The molecule has 0 aliphatic rings. The molecule has 0 fully saturated rings. The molecule has 3 rings (SSSR count). The number of benzene rings is 3. The fraction of sp³-hybridized carbons (Fsp3) is 0. The average Bonchev–Trinajstić information content (AvgIpc) is 2.69. The van der Waals surface area contributed by atoms with E-state index in [0.717, 1.165) is 0 Å². The maximum Gasteiger partial charge on any atom is 0.316 e. The number of carbonyl (C=O) groups is 2. The van der Waals surface area contributed by atoms with E-state index in [2.05, 4.69) is 15.4 Å². The van der Waals surface area contributed by atoms with Crippen LogP contribution in [0.25, 0.3) is 0 Å². The third-order valence-electron chi connectivity index (χ3n) is 3.84. The summed E-state index contributed by atoms with van der Waals surface area (Å²) in [6.45, 7) is 0. The van der Waals surface area contributed by atoms with Gasteiger partial charge in [0.15, 0.2) is 0 Å². The zero-order chi connectivity index (χ0) is 20.9. The van der Waals surface area contributed by atoms with Crippen molar-refractivity contribution in [1.29, 1.82) is 0 Å². The van der Waals surface area contributed by atoms with Gasteiger partial charge in [-0.1, -0.05) is 24.3 Å². The van der Waals surface area contributed by atoms with Crippen molar-refractivity contribution in [2.45, 2.75) is 4.90 Å². The average molecular weight is 410 g/mol. The molecule has 0 saturated heterocycles. The Kier molecular flexibility index (Phi) is 5.79. The van der Waals surface area contributed by atoms with Gasteiger partial charge >= 0.3 is 6.03 Å². The molecule has 29 heavy (non-hydrogen) atoms. The lowest BCUT2D eigenvalue weighted by Gasteiger charge is -2.10. The molecule has 0 saturated carbocycles. The van der Waals surface area contributed by atoms with Crippen molar-refractivity contribution in [2.24, 2.45) is 5.73 Å². The highest BCUT2D eigenvalue weighted by Crippen LogP contribution is 2.19. The molecule has 148 valence electrons. The zero-order valence-electron chi connectivity index (χ0n) is 15.1. The van der Waals surface area contributed by atoms with Gasteiger partial charge in [-0.3, -0.25) is 9.52 Å². The maximum atomic E-state index is 12.5. The van der Waals surface area contributed by atoms with Crippen LogP contribution in [0, 0.1) is 0 Å². The molecule has 3 aromatic rings. The Bertz CT molecular complexity index is 1130. The minimum atomic E-state index is -3.76. The molecule has 0 atom stereocenters. The Balaban J connectivity index is 1.72. The van der Waals surface area contributed by atoms with Crippen LogP contribution in [0.15, 0.2) is 83.8 Å². The summed E-state index contributed by atoms with van der Waals surface area (Å²) in [4.78, 5) is 23.4. The molecule has 0 radical (unpaired) electrons. The van der Waals surface area contributed by atoms with Gasteiger partial charge in [-0.15, -0.1) is 0 Å². The molecule has 9 heteroatoms. The third kappa shape index (κ3) is 5.33. The van der Waals surface area contributed by atoms with Crippen LogP contribution in [0.1, 0.15) is 10.4 Å². The van der Waals surface area contributed by atoms with Crippen molar-refractivity contribution in [3.05, 3.63) is 84.4 Å². The summed E-state index contributed by atoms with van der Waals surface area (Å²) in [7, 11) is -3.76. The number of anilines is 3. The molecule has 0 aliphatic heterocycles. The summed E-state index contributed by atoms with van der Waals surface area (Å²) in [5.41, 5.74) is 6.58. The Labute approximate surface area is 167 Å². The smallest absolute Gasteiger partial charge is 0.316 e. The lowest BCUT2D eigenvalue weighted by Crippen LogP contribution is -2.19. The van der Waals surface area contributed by atoms with Crippen molar-refractivity contribution in [3.8, 4) is 0 Å². The fourth-order valence-corrected chi connectivity index (χ4v) is 3.59. The highest BCUT2D eigenvalue weighted by atomic mass is 32.2. The summed E-state index contributed by atoms with van der Waals surface area (Å²) in [5, 5.41) is 5.12. The quantitative estimate of drug-likeness (QED) is 0.497. The Morgan fingerprint density at radius 3 is 1.97 bits per heavy atom. The molecular formula is C20H18N4O4S. The normalized spacial score (nSPS) is 10.8. The number of hydrogen-bond acceptors (Lipinski definition) is 4. The molecule has 5 N–H and O–H groups in total. The molecule has 0 aromatic heterocycles. The van der Waals surface area contributed by atoms with E-state index in [9.17, 15) is 18.0 Å². The highest BCUT2D eigenvalue weighted by Gasteiger charge is 2.14. The largest absolute Gasteiger partial charge is 0.351 e. The molecular weight excluding hydrogens is 392 g/mol. The van der Waals surface area contributed by atoms with E-state index in [0.29, 0.717) is 11.4 Å². The van der Waals surface area contributed by atoms with Crippen LogP contribution < -0.4 is 21.1 Å². The molecule has 0 aliphatic carbocycles. The van der Waals surface area contributed by atoms with E-state index in [4.69, 9.17) is 5.73 Å². The molecule has 3 amide bonds. The van der Waals surface area contributed by atoms with E-state index in [1.54, 1.807) is 60.7 Å². The van der Waals surface area contributed by atoms with Crippen LogP contribution in [-0.2, 0) is 10.0 Å². The van der Waals surface area contributed by atoms with Gasteiger partial charge in [-0.2, -0.15) is 0 Å². The predicted octanol–water partition coefficient (Wildman–Crippen LogP) is 3.23. The number of nitrogens with two attached hydrogens (primary N) is 1.